The highest BCUT2D eigenvalue weighted by Gasteiger charge is 2.17. The van der Waals surface area contributed by atoms with Gasteiger partial charge in [0.15, 0.2) is 5.13 Å². The zero-order chi connectivity index (χ0) is 11.6. The van der Waals surface area contributed by atoms with Crippen molar-refractivity contribution in [2.75, 3.05) is 17.8 Å². The molecule has 0 saturated heterocycles. The highest BCUT2D eigenvalue weighted by Crippen LogP contribution is 2.25. The minimum absolute atomic E-state index is 0.363. The fourth-order valence-corrected chi connectivity index (χ4v) is 3.56. The third-order valence-electron chi connectivity index (χ3n) is 2.16. The number of hydrogen-bond acceptors (Lipinski definition) is 5. The van der Waals surface area contributed by atoms with Crippen LogP contribution in [-0.4, -0.2) is 26.5 Å². The average Bonchev–Trinajstić information content (AvgIpc) is 2.58. The number of fused-ring (bicyclic) bond motifs is 1. The molecule has 16 heavy (non-hydrogen) atoms. The Bertz CT molecular complexity index is 445. The summed E-state index contributed by atoms with van der Waals surface area (Å²) >= 11 is 1.38. The van der Waals surface area contributed by atoms with Gasteiger partial charge in [0, 0.05) is 30.9 Å². The van der Waals surface area contributed by atoms with Gasteiger partial charge >= 0.3 is 10.2 Å². The summed E-state index contributed by atoms with van der Waals surface area (Å²) < 4.78 is 27.7. The summed E-state index contributed by atoms with van der Waals surface area (Å²) in [5, 5.41) is 3.66. The van der Waals surface area contributed by atoms with Crippen molar-refractivity contribution < 1.29 is 8.42 Å². The minimum atomic E-state index is -3.46. The fraction of sp³-hybridized carbons (Fsp3) is 0.625. The van der Waals surface area contributed by atoms with E-state index < -0.39 is 10.2 Å². The van der Waals surface area contributed by atoms with E-state index in [0.29, 0.717) is 11.7 Å². The maximum Gasteiger partial charge on any atom is 0.300 e. The minimum Gasteiger partial charge on any atom is -0.311 e. The average molecular weight is 262 g/mol. The molecule has 90 valence electrons. The third-order valence-corrected chi connectivity index (χ3v) is 4.43. The van der Waals surface area contributed by atoms with Gasteiger partial charge in [0.2, 0.25) is 0 Å². The number of hydrogen-bond donors (Lipinski definition) is 3. The van der Waals surface area contributed by atoms with Gasteiger partial charge in [-0.05, 0) is 0 Å². The van der Waals surface area contributed by atoms with E-state index in [9.17, 15) is 8.42 Å². The molecule has 6 nitrogen and oxygen atoms in total. The second-order valence-corrected chi connectivity index (χ2v) is 6.00. The first-order valence-corrected chi connectivity index (χ1v) is 7.37. The Morgan fingerprint density at radius 3 is 3.06 bits per heavy atom. The molecule has 1 aromatic rings. The molecule has 0 saturated carbocycles. The smallest absolute Gasteiger partial charge is 0.300 e. The van der Waals surface area contributed by atoms with Crippen LogP contribution in [0.2, 0.25) is 0 Å². The number of nitrogens with one attached hydrogen (secondary N) is 3. The highest BCUT2D eigenvalue weighted by atomic mass is 32.2. The summed E-state index contributed by atoms with van der Waals surface area (Å²) in [5.41, 5.74) is 0.998. The predicted molar refractivity (Wildman–Crippen MR) is 63.7 cm³/mol. The van der Waals surface area contributed by atoms with Crippen molar-refractivity contribution >= 4 is 26.7 Å². The molecule has 1 aliphatic heterocycles. The summed E-state index contributed by atoms with van der Waals surface area (Å²) in [6, 6.07) is 0. The number of aromatic nitrogens is 1. The van der Waals surface area contributed by atoms with Crippen LogP contribution in [0.3, 0.4) is 0 Å². The van der Waals surface area contributed by atoms with Crippen LogP contribution in [0.4, 0.5) is 5.13 Å². The van der Waals surface area contributed by atoms with E-state index in [2.05, 4.69) is 19.7 Å². The molecule has 0 spiro atoms. The van der Waals surface area contributed by atoms with Gasteiger partial charge in [-0.25, -0.2) is 9.71 Å². The first kappa shape index (κ1) is 11.8. The van der Waals surface area contributed by atoms with Crippen molar-refractivity contribution in [3.8, 4) is 0 Å². The zero-order valence-corrected chi connectivity index (χ0v) is 10.5. The molecule has 0 aliphatic carbocycles. The van der Waals surface area contributed by atoms with Gasteiger partial charge < -0.3 is 5.32 Å². The molecular formula is C8H14N4O2S2. The molecule has 0 atom stereocenters. The standard InChI is InChI=1S/C8H14N4O2S2/c1-2-10-16(13,14)12-8-11-6-3-4-9-5-7(6)15-8/h9-10H,2-5H2,1H3,(H,11,12). The number of thiazole rings is 1. The number of anilines is 1. The Morgan fingerprint density at radius 1 is 1.56 bits per heavy atom. The first-order chi connectivity index (χ1) is 7.61. The summed E-state index contributed by atoms with van der Waals surface area (Å²) in [6.45, 7) is 3.77. The van der Waals surface area contributed by atoms with E-state index in [4.69, 9.17) is 0 Å². The molecular weight excluding hydrogens is 248 g/mol. The second-order valence-electron chi connectivity index (χ2n) is 3.42. The molecule has 2 rings (SSSR count). The van der Waals surface area contributed by atoms with Gasteiger partial charge in [0.05, 0.1) is 5.69 Å². The van der Waals surface area contributed by atoms with Crippen molar-refractivity contribution in [2.24, 2.45) is 0 Å². The van der Waals surface area contributed by atoms with Crippen LogP contribution in [-0.2, 0) is 23.2 Å². The number of rotatable bonds is 4. The number of nitrogens with zero attached hydrogens (tertiary/aromatic N) is 1. The Hall–Kier alpha value is -0.700. The van der Waals surface area contributed by atoms with E-state index in [1.54, 1.807) is 6.92 Å². The Morgan fingerprint density at radius 2 is 2.38 bits per heavy atom. The van der Waals surface area contributed by atoms with E-state index >= 15 is 0 Å². The molecule has 0 unspecified atom stereocenters. The van der Waals surface area contributed by atoms with Crippen molar-refractivity contribution in [1.29, 1.82) is 0 Å². The van der Waals surface area contributed by atoms with Crippen molar-refractivity contribution in [3.63, 3.8) is 0 Å². The first-order valence-electron chi connectivity index (χ1n) is 5.07. The Labute approximate surface area is 98.7 Å². The maximum absolute atomic E-state index is 11.4. The van der Waals surface area contributed by atoms with Gasteiger partial charge in [-0.1, -0.05) is 18.3 Å². The second kappa shape index (κ2) is 4.66. The van der Waals surface area contributed by atoms with Crippen LogP contribution in [0, 0.1) is 0 Å². The molecule has 0 amide bonds. The summed E-state index contributed by atoms with van der Waals surface area (Å²) in [4.78, 5) is 5.38. The molecule has 8 heteroatoms. The van der Waals surface area contributed by atoms with E-state index in [1.165, 1.54) is 11.3 Å². The lowest BCUT2D eigenvalue weighted by Crippen LogP contribution is -2.29. The molecule has 0 aromatic carbocycles. The van der Waals surface area contributed by atoms with Gasteiger partial charge in [-0.3, -0.25) is 0 Å². The Kier molecular flexibility index (Phi) is 3.43. The van der Waals surface area contributed by atoms with Crippen LogP contribution < -0.4 is 14.8 Å². The monoisotopic (exact) mass is 262 g/mol. The molecule has 1 aromatic heterocycles. The SMILES string of the molecule is CCNS(=O)(=O)Nc1nc2c(s1)CNCC2. The van der Waals surface area contributed by atoms with Crippen molar-refractivity contribution in [1.82, 2.24) is 15.0 Å². The maximum atomic E-state index is 11.4. The van der Waals surface area contributed by atoms with Gasteiger partial charge in [-0.2, -0.15) is 13.1 Å². The lowest BCUT2D eigenvalue weighted by atomic mass is 10.2. The summed E-state index contributed by atoms with van der Waals surface area (Å²) in [5.74, 6) is 0. The normalized spacial score (nSPS) is 15.8. The molecule has 0 bridgehead atoms. The molecule has 0 fully saturated rings. The highest BCUT2D eigenvalue weighted by molar-refractivity contribution is 7.91. The lowest BCUT2D eigenvalue weighted by Gasteiger charge is -2.09. The zero-order valence-electron chi connectivity index (χ0n) is 8.91. The van der Waals surface area contributed by atoms with Crippen molar-refractivity contribution in [3.05, 3.63) is 10.6 Å². The van der Waals surface area contributed by atoms with Crippen LogP contribution in [0.5, 0.6) is 0 Å². The van der Waals surface area contributed by atoms with Gasteiger partial charge in [0.25, 0.3) is 0 Å². The summed E-state index contributed by atoms with van der Waals surface area (Å²) in [7, 11) is -3.46. The molecule has 1 aliphatic rings. The van der Waals surface area contributed by atoms with Gasteiger partial charge in [0.1, 0.15) is 0 Å². The van der Waals surface area contributed by atoms with Crippen LogP contribution in [0.15, 0.2) is 0 Å². The molecule has 2 heterocycles. The Balaban J connectivity index is 2.13. The fourth-order valence-electron chi connectivity index (χ4n) is 1.51. The van der Waals surface area contributed by atoms with Crippen molar-refractivity contribution in [2.45, 2.75) is 19.9 Å². The summed E-state index contributed by atoms with van der Waals surface area (Å²) in [6.07, 6.45) is 0.856. The topological polar surface area (TPSA) is 83.1 Å². The quantitative estimate of drug-likeness (QED) is 0.716. The lowest BCUT2D eigenvalue weighted by molar-refractivity contribution is 0.589. The van der Waals surface area contributed by atoms with E-state index in [0.717, 1.165) is 30.1 Å². The van der Waals surface area contributed by atoms with E-state index in [1.807, 2.05) is 0 Å². The molecule has 0 radical (unpaired) electrons. The van der Waals surface area contributed by atoms with Crippen LogP contribution in [0.25, 0.3) is 0 Å². The van der Waals surface area contributed by atoms with E-state index in [-0.39, 0.29) is 0 Å². The third kappa shape index (κ3) is 2.70. The van der Waals surface area contributed by atoms with Crippen LogP contribution >= 0.6 is 11.3 Å². The van der Waals surface area contributed by atoms with Crippen LogP contribution in [0.1, 0.15) is 17.5 Å². The molecule has 3 N–H and O–H groups in total. The largest absolute Gasteiger partial charge is 0.311 e. The van der Waals surface area contributed by atoms with Gasteiger partial charge in [-0.15, -0.1) is 0 Å². The predicted octanol–water partition coefficient (Wildman–Crippen LogP) is 0.0550.